The topological polar surface area (TPSA) is 174 Å². The van der Waals surface area contributed by atoms with Gasteiger partial charge in [-0.05, 0) is 92.0 Å². The minimum absolute atomic E-state index is 0.0539. The van der Waals surface area contributed by atoms with Crippen molar-refractivity contribution in [2.24, 2.45) is 0 Å². The van der Waals surface area contributed by atoms with Crippen LogP contribution in [-0.4, -0.2) is 96.0 Å². The third-order valence-corrected chi connectivity index (χ3v) is 10.0. The molecule has 59 heavy (non-hydrogen) atoms. The number of carboxylic acid groups (broad SMARTS) is 2. The first-order valence-corrected chi connectivity index (χ1v) is 18.4. The lowest BCUT2D eigenvalue weighted by atomic mass is 10.0. The smallest absolute Gasteiger partial charge is 0.416 e. The lowest BCUT2D eigenvalue weighted by Gasteiger charge is -2.38. The number of amides is 1. The second-order valence-corrected chi connectivity index (χ2v) is 14.0. The number of alkyl halides is 3. The Morgan fingerprint density at radius 1 is 0.814 bits per heavy atom. The van der Waals surface area contributed by atoms with E-state index < -0.39 is 53.1 Å². The number of hydrogen-bond donors (Lipinski definition) is 4. The maximum absolute atomic E-state index is 14.5. The third kappa shape index (κ3) is 11.1. The van der Waals surface area contributed by atoms with Gasteiger partial charge < -0.3 is 34.8 Å². The Morgan fingerprint density at radius 3 is 1.97 bits per heavy atom. The number of aryl methyl sites for hydroxylation is 2. The van der Waals surface area contributed by atoms with Gasteiger partial charge in [0.25, 0.3) is 5.56 Å². The summed E-state index contributed by atoms with van der Waals surface area (Å²) < 4.78 is 69.3. The molecule has 0 bridgehead atoms. The van der Waals surface area contributed by atoms with Gasteiger partial charge in [0.05, 0.1) is 16.5 Å². The molecular weight excluding hydrogens is 783 g/mol. The van der Waals surface area contributed by atoms with Crippen LogP contribution < -0.4 is 5.56 Å². The molecule has 17 heteroatoms. The van der Waals surface area contributed by atoms with E-state index >= 15 is 0 Å². The first kappa shape index (κ1) is 44.1. The van der Waals surface area contributed by atoms with Crippen LogP contribution >= 0.6 is 0 Å². The first-order valence-electron chi connectivity index (χ1n) is 18.4. The largest absolute Gasteiger partial charge is 0.479 e. The van der Waals surface area contributed by atoms with Crippen LogP contribution in [0.4, 0.5) is 22.0 Å². The number of carbonyl (C=O) groups is 3. The number of carbonyl (C=O) groups excluding carboxylic acids is 1. The van der Waals surface area contributed by atoms with Gasteiger partial charge in [-0.25, -0.2) is 18.4 Å². The van der Waals surface area contributed by atoms with Crippen LogP contribution in [0.5, 0.6) is 0 Å². The van der Waals surface area contributed by atoms with Gasteiger partial charge in [-0.3, -0.25) is 9.59 Å². The number of aliphatic hydroxyl groups is 2. The zero-order valence-corrected chi connectivity index (χ0v) is 31.6. The van der Waals surface area contributed by atoms with Crippen LogP contribution in [0.25, 0.3) is 22.0 Å². The summed E-state index contributed by atoms with van der Waals surface area (Å²) in [6.07, 6.45) is -7.24. The van der Waals surface area contributed by atoms with Gasteiger partial charge in [0.2, 0.25) is 5.91 Å². The molecule has 1 aliphatic heterocycles. The van der Waals surface area contributed by atoms with Gasteiger partial charge in [-0.15, -0.1) is 0 Å². The summed E-state index contributed by atoms with van der Waals surface area (Å²) in [4.78, 5) is 55.2. The molecule has 2 unspecified atom stereocenters. The molecule has 2 heterocycles. The van der Waals surface area contributed by atoms with Gasteiger partial charge >= 0.3 is 18.1 Å². The summed E-state index contributed by atoms with van der Waals surface area (Å²) in [6, 6.07) is 23.2. The fourth-order valence-corrected chi connectivity index (χ4v) is 6.70. The minimum atomic E-state index is -4.41. The Kier molecular flexibility index (Phi) is 14.3. The summed E-state index contributed by atoms with van der Waals surface area (Å²) in [6.45, 7) is 1.81. The molecule has 0 spiro atoms. The number of para-hydroxylation sites is 1. The van der Waals surface area contributed by atoms with Crippen LogP contribution in [0.2, 0.25) is 0 Å². The van der Waals surface area contributed by atoms with Crippen molar-refractivity contribution in [2.75, 3.05) is 20.1 Å². The second kappa shape index (κ2) is 19.1. The number of halogens is 5. The highest BCUT2D eigenvalue weighted by Gasteiger charge is 2.31. The van der Waals surface area contributed by atoms with Crippen molar-refractivity contribution >= 4 is 28.7 Å². The molecule has 1 aliphatic rings. The van der Waals surface area contributed by atoms with Crippen LogP contribution in [-0.2, 0) is 46.5 Å². The number of fused-ring (bicyclic) bond motifs is 1. The SMILES string of the molecule is CN1CCC(N(Cc2ccc(-c3ccc(C(F)(F)F)cc3)cc2)C(=O)Cn2c(CCc3cccc(F)c3F)nc(=O)c3ccccc32)CC1.O=C(O)C(O)C(O)C(=O)O. The number of benzene rings is 4. The number of rotatable bonds is 12. The summed E-state index contributed by atoms with van der Waals surface area (Å²) in [5.41, 5.74) is 1.74. The lowest BCUT2D eigenvalue weighted by molar-refractivity contribution is -0.165. The normalized spacial score (nSPS) is 14.6. The van der Waals surface area contributed by atoms with Crippen LogP contribution in [0, 0.1) is 11.6 Å². The Labute approximate surface area is 334 Å². The molecule has 1 aromatic heterocycles. The molecule has 0 saturated carbocycles. The Bertz CT molecular complexity index is 2310. The average Bonchev–Trinajstić information content (AvgIpc) is 3.21. The third-order valence-electron chi connectivity index (χ3n) is 10.0. The van der Waals surface area contributed by atoms with E-state index in [0.29, 0.717) is 28.8 Å². The molecule has 5 aromatic rings. The Hall–Kier alpha value is -6.04. The van der Waals surface area contributed by atoms with Crippen molar-refractivity contribution in [1.82, 2.24) is 19.4 Å². The molecule has 312 valence electrons. The minimum Gasteiger partial charge on any atom is -0.479 e. The van der Waals surface area contributed by atoms with Crippen molar-refractivity contribution in [2.45, 2.75) is 63.2 Å². The highest BCUT2D eigenvalue weighted by molar-refractivity contribution is 5.83. The van der Waals surface area contributed by atoms with Gasteiger partial charge in [0.1, 0.15) is 12.4 Å². The number of hydrogen-bond acceptors (Lipinski definition) is 8. The summed E-state index contributed by atoms with van der Waals surface area (Å²) in [7, 11) is 2.04. The molecule has 4 aromatic carbocycles. The summed E-state index contributed by atoms with van der Waals surface area (Å²) in [5, 5.41) is 32.9. The standard InChI is InChI=1S/C38H35F5N4O2.C4H6O6/c1-45-21-19-30(20-22-45)46(23-25-9-11-26(12-10-25)27-13-16-29(17-14-27)38(41,42)43)35(48)24-47-33-8-3-2-6-31(33)37(49)44-34(47)18-15-28-5-4-7-32(39)36(28)40;5-1(3(7)8)2(6)4(9)10/h2-14,16-17,30H,15,18-24H2,1H3;1-2,5-6H,(H,7,8)(H,9,10). The Morgan fingerprint density at radius 2 is 1.39 bits per heavy atom. The lowest BCUT2D eigenvalue weighted by Crippen LogP contribution is -2.47. The van der Waals surface area contributed by atoms with Crippen molar-refractivity contribution < 1.29 is 56.8 Å². The zero-order valence-electron chi connectivity index (χ0n) is 31.6. The number of aromatic nitrogens is 2. The molecule has 1 fully saturated rings. The second-order valence-electron chi connectivity index (χ2n) is 14.0. The molecule has 1 amide bonds. The molecular formula is C42H41F5N4O8. The van der Waals surface area contributed by atoms with Crippen molar-refractivity contribution in [3.05, 3.63) is 135 Å². The predicted molar refractivity (Wildman–Crippen MR) is 205 cm³/mol. The molecule has 1 saturated heterocycles. The zero-order chi connectivity index (χ0) is 43.0. The van der Waals surface area contributed by atoms with Crippen LogP contribution in [0.3, 0.4) is 0 Å². The van der Waals surface area contributed by atoms with Crippen LogP contribution in [0.1, 0.15) is 35.4 Å². The van der Waals surface area contributed by atoms with Crippen molar-refractivity contribution in [1.29, 1.82) is 0 Å². The summed E-state index contributed by atoms with van der Waals surface area (Å²) in [5.74, 6) is -5.34. The van der Waals surface area contributed by atoms with Crippen LogP contribution in [0.15, 0.2) is 95.8 Å². The van der Waals surface area contributed by atoms with Crippen molar-refractivity contribution in [3.8, 4) is 11.1 Å². The molecule has 2 atom stereocenters. The number of carboxylic acids is 2. The van der Waals surface area contributed by atoms with E-state index in [-0.39, 0.29) is 36.9 Å². The molecule has 12 nitrogen and oxygen atoms in total. The number of aliphatic carboxylic acids is 2. The molecule has 4 N–H and O–H groups in total. The first-order chi connectivity index (χ1) is 27.9. The maximum Gasteiger partial charge on any atom is 0.416 e. The van der Waals surface area contributed by atoms with E-state index in [1.54, 1.807) is 28.8 Å². The monoisotopic (exact) mass is 824 g/mol. The van der Waals surface area contributed by atoms with Gasteiger partial charge in [-0.2, -0.15) is 18.2 Å². The average molecular weight is 825 g/mol. The van der Waals surface area contributed by atoms with Gasteiger partial charge in [0.15, 0.2) is 23.8 Å². The van der Waals surface area contributed by atoms with Gasteiger partial charge in [-0.1, -0.05) is 60.7 Å². The highest BCUT2D eigenvalue weighted by Crippen LogP contribution is 2.31. The van der Waals surface area contributed by atoms with Gasteiger partial charge in [0, 0.05) is 19.0 Å². The van der Waals surface area contributed by atoms with Crippen molar-refractivity contribution in [3.63, 3.8) is 0 Å². The highest BCUT2D eigenvalue weighted by atomic mass is 19.4. The van der Waals surface area contributed by atoms with E-state index in [1.165, 1.54) is 24.3 Å². The Balaban J connectivity index is 0.000000586. The quantitative estimate of drug-likeness (QED) is 0.123. The van der Waals surface area contributed by atoms with E-state index in [2.05, 4.69) is 9.88 Å². The number of likely N-dealkylation sites (tertiary alicyclic amines) is 1. The molecule has 6 rings (SSSR count). The fraction of sp³-hybridized carbons (Fsp3) is 0.310. The summed E-state index contributed by atoms with van der Waals surface area (Å²) >= 11 is 0. The van der Waals surface area contributed by atoms with E-state index in [4.69, 9.17) is 20.4 Å². The van der Waals surface area contributed by atoms with E-state index in [1.807, 2.05) is 36.2 Å². The molecule has 0 aliphatic carbocycles. The fourth-order valence-electron chi connectivity index (χ4n) is 6.70. The maximum atomic E-state index is 14.5. The predicted octanol–water partition coefficient (Wildman–Crippen LogP) is 5.15. The van der Waals surface area contributed by atoms with E-state index in [9.17, 15) is 41.1 Å². The van der Waals surface area contributed by atoms with E-state index in [0.717, 1.165) is 55.3 Å². The molecule has 0 radical (unpaired) electrons. The number of aliphatic hydroxyl groups excluding tert-OH is 2. The number of nitrogens with zero attached hydrogens (tertiary/aromatic N) is 4. The number of piperidine rings is 1.